The number of methoxy groups -OCH3 is 1. The number of hydrogen-bond donors (Lipinski definition) is 0. The molecule has 0 atom stereocenters. The summed E-state index contributed by atoms with van der Waals surface area (Å²) in [6.07, 6.45) is 1.62. The molecule has 1 aromatic heterocycles. The topological polar surface area (TPSA) is 39.2 Å². The largest absolute Gasteiger partial charge is 0.465 e. The summed E-state index contributed by atoms with van der Waals surface area (Å²) in [7, 11) is 1.31. The molecule has 5 heteroatoms. The van der Waals surface area contributed by atoms with Crippen LogP contribution in [0.2, 0.25) is 5.15 Å². The summed E-state index contributed by atoms with van der Waals surface area (Å²) in [6, 6.07) is 5.51. The maximum Gasteiger partial charge on any atom is 0.341 e. The Hall–Kier alpha value is -1.13. The van der Waals surface area contributed by atoms with Gasteiger partial charge in [-0.3, -0.25) is 0 Å². The predicted octanol–water partition coefficient (Wildman–Crippen LogP) is 3.44. The minimum Gasteiger partial charge on any atom is -0.465 e. The van der Waals surface area contributed by atoms with Crippen LogP contribution in [-0.4, -0.2) is 18.1 Å². The highest BCUT2D eigenvalue weighted by atomic mass is 79.9. The van der Waals surface area contributed by atoms with Gasteiger partial charge in [0.2, 0.25) is 0 Å². The van der Waals surface area contributed by atoms with Crippen molar-refractivity contribution in [3.8, 4) is 0 Å². The monoisotopic (exact) mass is 299 g/mol. The van der Waals surface area contributed by atoms with Gasteiger partial charge in [0.15, 0.2) is 0 Å². The van der Waals surface area contributed by atoms with Crippen molar-refractivity contribution >= 4 is 44.3 Å². The van der Waals surface area contributed by atoms with Gasteiger partial charge in [-0.15, -0.1) is 0 Å². The Labute approximate surface area is 106 Å². The van der Waals surface area contributed by atoms with Crippen molar-refractivity contribution in [2.45, 2.75) is 0 Å². The van der Waals surface area contributed by atoms with Gasteiger partial charge in [0.25, 0.3) is 0 Å². The molecule has 0 unspecified atom stereocenters. The first-order chi connectivity index (χ1) is 7.65. The third kappa shape index (κ3) is 1.79. The fourth-order valence-electron chi connectivity index (χ4n) is 1.48. The Kier molecular flexibility index (Phi) is 3.12. The Morgan fingerprint density at radius 2 is 2.19 bits per heavy atom. The van der Waals surface area contributed by atoms with E-state index in [1.807, 2.05) is 12.1 Å². The van der Waals surface area contributed by atoms with E-state index in [1.165, 1.54) is 7.11 Å². The zero-order chi connectivity index (χ0) is 11.7. The second kappa shape index (κ2) is 4.39. The lowest BCUT2D eigenvalue weighted by Gasteiger charge is -2.07. The van der Waals surface area contributed by atoms with Crippen molar-refractivity contribution in [1.29, 1.82) is 0 Å². The van der Waals surface area contributed by atoms with Gasteiger partial charge >= 0.3 is 5.97 Å². The zero-order valence-corrected chi connectivity index (χ0v) is 10.7. The van der Waals surface area contributed by atoms with Gasteiger partial charge in [-0.1, -0.05) is 39.7 Å². The molecular formula is C11H7BrClNO2. The number of fused-ring (bicyclic) bond motifs is 1. The van der Waals surface area contributed by atoms with E-state index < -0.39 is 5.97 Å². The summed E-state index contributed by atoms with van der Waals surface area (Å²) in [5.74, 6) is -0.485. The molecule has 1 heterocycles. The SMILES string of the molecule is COC(=O)c1c(Cl)ncc2c(Br)cccc12. The number of pyridine rings is 1. The van der Waals surface area contributed by atoms with E-state index in [2.05, 4.69) is 25.7 Å². The molecule has 82 valence electrons. The zero-order valence-electron chi connectivity index (χ0n) is 8.33. The highest BCUT2D eigenvalue weighted by Gasteiger charge is 2.16. The molecule has 0 amide bonds. The molecule has 0 bridgehead atoms. The van der Waals surface area contributed by atoms with Crippen LogP contribution in [0.25, 0.3) is 10.8 Å². The third-order valence-corrected chi connectivity index (χ3v) is 3.20. The van der Waals surface area contributed by atoms with Crippen LogP contribution in [0.1, 0.15) is 10.4 Å². The Morgan fingerprint density at radius 3 is 2.88 bits per heavy atom. The van der Waals surface area contributed by atoms with Crippen LogP contribution in [0.3, 0.4) is 0 Å². The molecule has 0 saturated heterocycles. The summed E-state index contributed by atoms with van der Waals surface area (Å²) in [6.45, 7) is 0. The fourth-order valence-corrected chi connectivity index (χ4v) is 2.18. The number of hydrogen-bond acceptors (Lipinski definition) is 3. The lowest BCUT2D eigenvalue weighted by molar-refractivity contribution is 0.0603. The Balaban J connectivity index is 2.85. The number of aromatic nitrogens is 1. The minimum absolute atomic E-state index is 0.150. The quantitative estimate of drug-likeness (QED) is 0.598. The van der Waals surface area contributed by atoms with Gasteiger partial charge < -0.3 is 4.74 Å². The number of halogens is 2. The van der Waals surface area contributed by atoms with Crippen molar-refractivity contribution in [1.82, 2.24) is 4.98 Å². The number of carbonyl (C=O) groups is 1. The highest BCUT2D eigenvalue weighted by molar-refractivity contribution is 9.10. The van der Waals surface area contributed by atoms with E-state index >= 15 is 0 Å². The summed E-state index contributed by atoms with van der Waals surface area (Å²) in [4.78, 5) is 15.6. The normalized spacial score (nSPS) is 10.4. The fraction of sp³-hybridized carbons (Fsp3) is 0.0909. The molecule has 2 rings (SSSR count). The van der Waals surface area contributed by atoms with Crippen molar-refractivity contribution in [2.75, 3.05) is 7.11 Å². The molecule has 0 N–H and O–H groups in total. The molecule has 16 heavy (non-hydrogen) atoms. The second-order valence-corrected chi connectivity index (χ2v) is 4.33. The molecule has 2 aromatic rings. The lowest BCUT2D eigenvalue weighted by Crippen LogP contribution is -2.04. The highest BCUT2D eigenvalue weighted by Crippen LogP contribution is 2.29. The molecule has 0 radical (unpaired) electrons. The number of benzene rings is 1. The van der Waals surface area contributed by atoms with Gasteiger partial charge in [0.05, 0.1) is 7.11 Å². The van der Waals surface area contributed by atoms with Crippen LogP contribution in [-0.2, 0) is 4.74 Å². The van der Waals surface area contributed by atoms with E-state index in [0.717, 1.165) is 15.2 Å². The molecule has 0 aliphatic heterocycles. The minimum atomic E-state index is -0.485. The van der Waals surface area contributed by atoms with Crippen molar-refractivity contribution in [3.63, 3.8) is 0 Å². The maximum absolute atomic E-state index is 11.6. The first kappa shape index (κ1) is 11.4. The maximum atomic E-state index is 11.6. The van der Waals surface area contributed by atoms with Crippen LogP contribution >= 0.6 is 27.5 Å². The van der Waals surface area contributed by atoms with E-state index in [1.54, 1.807) is 12.3 Å². The lowest BCUT2D eigenvalue weighted by atomic mass is 10.1. The average molecular weight is 301 g/mol. The van der Waals surface area contributed by atoms with Crippen LogP contribution in [0.5, 0.6) is 0 Å². The van der Waals surface area contributed by atoms with Crippen LogP contribution in [0, 0.1) is 0 Å². The number of esters is 1. The molecule has 0 saturated carbocycles. The smallest absolute Gasteiger partial charge is 0.341 e. The number of rotatable bonds is 1. The second-order valence-electron chi connectivity index (χ2n) is 3.12. The number of nitrogens with zero attached hydrogens (tertiary/aromatic N) is 1. The molecule has 3 nitrogen and oxygen atoms in total. The van der Waals surface area contributed by atoms with Crippen molar-refractivity contribution in [2.24, 2.45) is 0 Å². The molecular weight excluding hydrogens is 293 g/mol. The number of carbonyl (C=O) groups excluding carboxylic acids is 1. The first-order valence-electron chi connectivity index (χ1n) is 4.46. The van der Waals surface area contributed by atoms with Crippen molar-refractivity contribution < 1.29 is 9.53 Å². The Morgan fingerprint density at radius 1 is 1.44 bits per heavy atom. The molecule has 0 aliphatic rings. The van der Waals surface area contributed by atoms with Gasteiger partial charge in [-0.05, 0) is 6.07 Å². The van der Waals surface area contributed by atoms with E-state index in [-0.39, 0.29) is 5.15 Å². The molecule has 0 spiro atoms. The van der Waals surface area contributed by atoms with Crippen molar-refractivity contribution in [3.05, 3.63) is 39.6 Å². The van der Waals surface area contributed by atoms with Crippen LogP contribution in [0.15, 0.2) is 28.9 Å². The Bertz CT molecular complexity index is 571. The van der Waals surface area contributed by atoms with Crippen LogP contribution in [0.4, 0.5) is 0 Å². The molecule has 0 fully saturated rings. The van der Waals surface area contributed by atoms with Gasteiger partial charge in [0, 0.05) is 21.4 Å². The summed E-state index contributed by atoms with van der Waals surface area (Å²) < 4.78 is 5.55. The molecule has 1 aromatic carbocycles. The van der Waals surface area contributed by atoms with E-state index in [4.69, 9.17) is 11.6 Å². The van der Waals surface area contributed by atoms with Gasteiger partial charge in [0.1, 0.15) is 10.7 Å². The summed E-state index contributed by atoms with van der Waals surface area (Å²) in [5.41, 5.74) is 0.294. The average Bonchev–Trinajstić information content (AvgIpc) is 2.28. The standard InChI is InChI=1S/C11H7BrClNO2/c1-16-11(15)9-6-3-2-4-8(12)7(6)5-14-10(9)13/h2-5H,1H3. The van der Waals surface area contributed by atoms with Crippen LogP contribution < -0.4 is 0 Å². The third-order valence-electron chi connectivity index (χ3n) is 2.23. The molecule has 0 aliphatic carbocycles. The van der Waals surface area contributed by atoms with E-state index in [0.29, 0.717) is 5.56 Å². The first-order valence-corrected chi connectivity index (χ1v) is 5.63. The number of ether oxygens (including phenoxy) is 1. The van der Waals surface area contributed by atoms with Gasteiger partial charge in [-0.2, -0.15) is 0 Å². The van der Waals surface area contributed by atoms with E-state index in [9.17, 15) is 4.79 Å². The van der Waals surface area contributed by atoms with Gasteiger partial charge in [-0.25, -0.2) is 9.78 Å². The summed E-state index contributed by atoms with van der Waals surface area (Å²) >= 11 is 9.29. The summed E-state index contributed by atoms with van der Waals surface area (Å²) in [5, 5.41) is 1.70. The predicted molar refractivity (Wildman–Crippen MR) is 65.8 cm³/mol.